The van der Waals surface area contributed by atoms with Gasteiger partial charge in [0.15, 0.2) is 0 Å². The summed E-state index contributed by atoms with van der Waals surface area (Å²) in [4.78, 5) is 11.3. The zero-order valence-corrected chi connectivity index (χ0v) is 9.77. The molecule has 3 heteroatoms. The fourth-order valence-corrected chi connectivity index (χ4v) is 2.40. The van der Waals surface area contributed by atoms with Gasteiger partial charge in [0.25, 0.3) is 0 Å². The minimum absolute atomic E-state index is 0.122. The number of esters is 1. The van der Waals surface area contributed by atoms with Gasteiger partial charge >= 0.3 is 5.97 Å². The molecular weight excluding hydrogens is 202 g/mol. The SMILES string of the molecule is COC(=O)C[C@H]1C[NH2+][C@@H](C)c2ccccc21. The lowest BCUT2D eigenvalue weighted by atomic mass is 9.85. The molecule has 1 aromatic carbocycles. The fraction of sp³-hybridized carbons (Fsp3) is 0.462. The highest BCUT2D eigenvalue weighted by atomic mass is 16.5. The molecule has 0 aliphatic carbocycles. The number of quaternary nitrogens is 1. The van der Waals surface area contributed by atoms with E-state index in [1.54, 1.807) is 0 Å². The Balaban J connectivity index is 2.24. The Morgan fingerprint density at radius 1 is 1.44 bits per heavy atom. The third kappa shape index (κ3) is 2.09. The Morgan fingerprint density at radius 3 is 2.81 bits per heavy atom. The van der Waals surface area contributed by atoms with Crippen molar-refractivity contribution in [3.8, 4) is 0 Å². The zero-order chi connectivity index (χ0) is 11.5. The van der Waals surface area contributed by atoms with E-state index in [-0.39, 0.29) is 5.97 Å². The minimum atomic E-state index is -0.122. The van der Waals surface area contributed by atoms with Crippen LogP contribution in [0, 0.1) is 0 Å². The molecule has 2 atom stereocenters. The number of benzene rings is 1. The van der Waals surface area contributed by atoms with E-state index in [1.165, 1.54) is 18.2 Å². The van der Waals surface area contributed by atoms with Crippen LogP contribution in [0.15, 0.2) is 24.3 Å². The number of fused-ring (bicyclic) bond motifs is 1. The first-order chi connectivity index (χ1) is 7.72. The monoisotopic (exact) mass is 220 g/mol. The van der Waals surface area contributed by atoms with E-state index in [0.717, 1.165) is 6.54 Å². The summed E-state index contributed by atoms with van der Waals surface area (Å²) < 4.78 is 4.74. The summed E-state index contributed by atoms with van der Waals surface area (Å²) in [7, 11) is 1.45. The second kappa shape index (κ2) is 4.66. The fourth-order valence-electron chi connectivity index (χ4n) is 2.40. The quantitative estimate of drug-likeness (QED) is 0.755. The molecule has 2 N–H and O–H groups in total. The van der Waals surface area contributed by atoms with Crippen molar-refractivity contribution in [2.45, 2.75) is 25.3 Å². The average molecular weight is 220 g/mol. The Hall–Kier alpha value is -1.35. The van der Waals surface area contributed by atoms with E-state index in [0.29, 0.717) is 18.4 Å². The van der Waals surface area contributed by atoms with Gasteiger partial charge in [-0.15, -0.1) is 0 Å². The molecule has 0 amide bonds. The van der Waals surface area contributed by atoms with Crippen LogP contribution in [0.3, 0.4) is 0 Å². The maximum absolute atomic E-state index is 11.3. The lowest BCUT2D eigenvalue weighted by molar-refractivity contribution is -0.698. The molecule has 0 bridgehead atoms. The molecule has 1 aliphatic rings. The van der Waals surface area contributed by atoms with Crippen LogP contribution < -0.4 is 5.32 Å². The van der Waals surface area contributed by atoms with Gasteiger partial charge in [0.1, 0.15) is 6.04 Å². The number of hydrogen-bond acceptors (Lipinski definition) is 2. The van der Waals surface area contributed by atoms with Gasteiger partial charge in [-0.25, -0.2) is 0 Å². The van der Waals surface area contributed by atoms with Crippen LogP contribution in [-0.4, -0.2) is 19.6 Å². The van der Waals surface area contributed by atoms with Gasteiger partial charge in [0, 0.05) is 11.5 Å². The number of carbonyl (C=O) groups excluding carboxylic acids is 1. The van der Waals surface area contributed by atoms with Crippen molar-refractivity contribution in [2.24, 2.45) is 0 Å². The van der Waals surface area contributed by atoms with Gasteiger partial charge in [0.05, 0.1) is 20.1 Å². The van der Waals surface area contributed by atoms with Gasteiger partial charge in [-0.2, -0.15) is 0 Å². The van der Waals surface area contributed by atoms with Gasteiger partial charge in [0.2, 0.25) is 0 Å². The summed E-state index contributed by atoms with van der Waals surface area (Å²) in [5.41, 5.74) is 2.66. The standard InChI is InChI=1S/C13H17NO2/c1-9-11-5-3-4-6-12(11)10(8-14-9)7-13(15)16-2/h3-6,9-10,14H,7-8H2,1-2H3/p+1/t9-,10-/m0/s1. The maximum atomic E-state index is 11.3. The molecule has 0 saturated heterocycles. The van der Waals surface area contributed by atoms with Crippen molar-refractivity contribution in [3.05, 3.63) is 35.4 Å². The molecule has 0 unspecified atom stereocenters. The highest BCUT2D eigenvalue weighted by Gasteiger charge is 2.28. The largest absolute Gasteiger partial charge is 0.469 e. The van der Waals surface area contributed by atoms with Gasteiger partial charge in [-0.05, 0) is 12.5 Å². The van der Waals surface area contributed by atoms with Crippen molar-refractivity contribution in [1.29, 1.82) is 0 Å². The lowest BCUT2D eigenvalue weighted by Gasteiger charge is -2.27. The summed E-state index contributed by atoms with van der Waals surface area (Å²) in [6.07, 6.45) is 0.483. The molecule has 16 heavy (non-hydrogen) atoms. The van der Waals surface area contributed by atoms with Gasteiger partial charge in [-0.3, -0.25) is 4.79 Å². The molecule has 0 aromatic heterocycles. The number of rotatable bonds is 2. The van der Waals surface area contributed by atoms with E-state index in [9.17, 15) is 4.79 Å². The molecule has 1 heterocycles. The summed E-state index contributed by atoms with van der Waals surface area (Å²) in [6, 6.07) is 8.88. The van der Waals surface area contributed by atoms with E-state index < -0.39 is 0 Å². The summed E-state index contributed by atoms with van der Waals surface area (Å²) >= 11 is 0. The zero-order valence-electron chi connectivity index (χ0n) is 9.77. The highest BCUT2D eigenvalue weighted by Crippen LogP contribution is 2.28. The molecule has 3 nitrogen and oxygen atoms in total. The third-order valence-electron chi connectivity index (χ3n) is 3.34. The maximum Gasteiger partial charge on any atom is 0.306 e. The summed E-state index contributed by atoms with van der Waals surface area (Å²) in [5.74, 6) is 0.169. The van der Waals surface area contributed by atoms with Crippen LogP contribution in [0.4, 0.5) is 0 Å². The molecule has 0 saturated carbocycles. The van der Waals surface area contributed by atoms with Crippen molar-refractivity contribution in [2.75, 3.05) is 13.7 Å². The van der Waals surface area contributed by atoms with Gasteiger partial charge < -0.3 is 10.1 Å². The van der Waals surface area contributed by atoms with E-state index in [1.807, 2.05) is 6.07 Å². The Bertz CT molecular complexity index is 389. The normalized spacial score (nSPS) is 23.6. The number of methoxy groups -OCH3 is 1. The molecule has 86 valence electrons. The Morgan fingerprint density at radius 2 is 2.12 bits per heavy atom. The second-order valence-corrected chi connectivity index (χ2v) is 4.37. The lowest BCUT2D eigenvalue weighted by Crippen LogP contribution is -2.87. The first-order valence-electron chi connectivity index (χ1n) is 5.71. The molecule has 1 aliphatic heterocycles. The molecule has 0 spiro atoms. The number of nitrogens with two attached hydrogens (primary N) is 1. The molecular formula is C13H18NO2+. The topological polar surface area (TPSA) is 42.9 Å². The molecule has 0 fully saturated rings. The van der Waals surface area contributed by atoms with Gasteiger partial charge in [-0.1, -0.05) is 24.3 Å². The molecule has 1 aromatic rings. The van der Waals surface area contributed by atoms with Crippen LogP contribution >= 0.6 is 0 Å². The minimum Gasteiger partial charge on any atom is -0.469 e. The molecule has 0 radical (unpaired) electrons. The number of ether oxygens (including phenoxy) is 1. The van der Waals surface area contributed by atoms with E-state index >= 15 is 0 Å². The predicted molar refractivity (Wildman–Crippen MR) is 61.0 cm³/mol. The van der Waals surface area contributed by atoms with Crippen molar-refractivity contribution in [1.82, 2.24) is 0 Å². The highest BCUT2D eigenvalue weighted by molar-refractivity contribution is 5.70. The Kier molecular flexibility index (Phi) is 3.25. The van der Waals surface area contributed by atoms with Crippen LogP contribution in [-0.2, 0) is 9.53 Å². The third-order valence-corrected chi connectivity index (χ3v) is 3.34. The van der Waals surface area contributed by atoms with Crippen LogP contribution in [0.5, 0.6) is 0 Å². The van der Waals surface area contributed by atoms with Crippen molar-refractivity contribution < 1.29 is 14.8 Å². The van der Waals surface area contributed by atoms with Crippen LogP contribution in [0.2, 0.25) is 0 Å². The first kappa shape index (κ1) is 11.1. The summed E-state index contributed by atoms with van der Waals surface area (Å²) in [5, 5.41) is 2.29. The predicted octanol–water partition coefficient (Wildman–Crippen LogP) is 0.971. The number of carbonyl (C=O) groups is 1. The average Bonchev–Trinajstić information content (AvgIpc) is 2.33. The smallest absolute Gasteiger partial charge is 0.306 e. The van der Waals surface area contributed by atoms with Crippen LogP contribution in [0.1, 0.15) is 36.4 Å². The van der Waals surface area contributed by atoms with Crippen LogP contribution in [0.25, 0.3) is 0 Å². The van der Waals surface area contributed by atoms with Crippen molar-refractivity contribution in [3.63, 3.8) is 0 Å². The number of hydrogen-bond donors (Lipinski definition) is 1. The van der Waals surface area contributed by atoms with Crippen molar-refractivity contribution >= 4 is 5.97 Å². The second-order valence-electron chi connectivity index (χ2n) is 4.37. The van der Waals surface area contributed by atoms with E-state index in [2.05, 4.69) is 30.4 Å². The Labute approximate surface area is 95.8 Å². The van der Waals surface area contributed by atoms with E-state index in [4.69, 9.17) is 4.74 Å². The molecule has 2 rings (SSSR count). The summed E-state index contributed by atoms with van der Waals surface area (Å²) in [6.45, 7) is 3.17. The first-order valence-corrected chi connectivity index (χ1v) is 5.71.